The second-order valence-electron chi connectivity index (χ2n) is 5.41. The van der Waals surface area contributed by atoms with E-state index in [0.717, 1.165) is 18.4 Å². The molecule has 2 rings (SSSR count). The fourth-order valence-electron chi connectivity index (χ4n) is 2.38. The summed E-state index contributed by atoms with van der Waals surface area (Å²) < 4.78 is 37.2. The number of rotatable bonds is 4. The molecule has 1 atom stereocenters. The normalized spacial score (nSPS) is 19.6. The summed E-state index contributed by atoms with van der Waals surface area (Å²) in [7, 11) is -3.23. The van der Waals surface area contributed by atoms with E-state index < -0.39 is 10.0 Å². The van der Waals surface area contributed by atoms with E-state index in [-0.39, 0.29) is 24.4 Å². The van der Waals surface area contributed by atoms with Gasteiger partial charge in [-0.25, -0.2) is 21.9 Å². The van der Waals surface area contributed by atoms with Gasteiger partial charge in [-0.05, 0) is 30.5 Å². The number of piperidine rings is 1. The molecule has 8 heteroatoms. The number of benzene rings is 1. The predicted octanol–water partition coefficient (Wildman–Crippen LogP) is 1.05. The van der Waals surface area contributed by atoms with Crippen LogP contribution in [0.3, 0.4) is 0 Å². The molecule has 0 bridgehead atoms. The van der Waals surface area contributed by atoms with Crippen molar-refractivity contribution in [2.24, 2.45) is 0 Å². The molecule has 0 aliphatic carbocycles. The zero-order valence-corrected chi connectivity index (χ0v) is 13.2. The van der Waals surface area contributed by atoms with E-state index in [1.807, 2.05) is 0 Å². The summed E-state index contributed by atoms with van der Waals surface area (Å²) in [6.45, 7) is 1.08. The van der Waals surface area contributed by atoms with Crippen molar-refractivity contribution in [1.82, 2.24) is 14.9 Å². The van der Waals surface area contributed by atoms with Gasteiger partial charge >= 0.3 is 6.03 Å². The van der Waals surface area contributed by atoms with Crippen LogP contribution in [0.4, 0.5) is 9.18 Å². The van der Waals surface area contributed by atoms with Gasteiger partial charge in [0.2, 0.25) is 10.0 Å². The number of hydrogen-bond acceptors (Lipinski definition) is 3. The third-order valence-electron chi connectivity index (χ3n) is 3.55. The molecule has 2 amide bonds. The van der Waals surface area contributed by atoms with Crippen molar-refractivity contribution >= 4 is 16.1 Å². The summed E-state index contributed by atoms with van der Waals surface area (Å²) in [5, 5.41) is 5.45. The van der Waals surface area contributed by atoms with Crippen LogP contribution in [0, 0.1) is 5.82 Å². The molecule has 1 fully saturated rings. The number of hydrogen-bond donors (Lipinski definition) is 2. The Kier molecular flexibility index (Phi) is 5.36. The second kappa shape index (κ2) is 7.06. The maximum absolute atomic E-state index is 12.8. The van der Waals surface area contributed by atoms with Crippen LogP contribution in [0.25, 0.3) is 0 Å². The highest BCUT2D eigenvalue weighted by Gasteiger charge is 2.26. The smallest absolute Gasteiger partial charge is 0.315 e. The zero-order chi connectivity index (χ0) is 16.2. The average molecular weight is 329 g/mol. The largest absolute Gasteiger partial charge is 0.334 e. The van der Waals surface area contributed by atoms with Crippen molar-refractivity contribution in [3.8, 4) is 0 Å². The third kappa shape index (κ3) is 4.96. The van der Waals surface area contributed by atoms with Crippen LogP contribution in [0.2, 0.25) is 0 Å². The van der Waals surface area contributed by atoms with Crippen molar-refractivity contribution in [1.29, 1.82) is 0 Å². The standard InChI is InChI=1S/C14H20FN3O3S/c1-22(20,21)18-8-2-3-13(10-18)17-14(19)16-9-11-4-6-12(15)7-5-11/h4-7,13H,2-3,8-10H2,1H3,(H2,16,17,19). The van der Waals surface area contributed by atoms with Crippen molar-refractivity contribution in [2.45, 2.75) is 25.4 Å². The second-order valence-corrected chi connectivity index (χ2v) is 7.40. The van der Waals surface area contributed by atoms with Crippen LogP contribution in [0.1, 0.15) is 18.4 Å². The van der Waals surface area contributed by atoms with E-state index in [0.29, 0.717) is 13.1 Å². The van der Waals surface area contributed by atoms with Crippen LogP contribution in [-0.4, -0.2) is 44.1 Å². The Bertz CT molecular complexity index is 619. The first-order valence-electron chi connectivity index (χ1n) is 7.08. The molecule has 0 aromatic heterocycles. The Morgan fingerprint density at radius 2 is 2.05 bits per heavy atom. The fourth-order valence-corrected chi connectivity index (χ4v) is 3.29. The summed E-state index contributed by atoms with van der Waals surface area (Å²) in [6.07, 6.45) is 2.63. The molecule has 1 aliphatic rings. The van der Waals surface area contributed by atoms with Gasteiger partial charge < -0.3 is 10.6 Å². The monoisotopic (exact) mass is 329 g/mol. The molecule has 1 aliphatic heterocycles. The molecule has 1 aromatic carbocycles. The maximum Gasteiger partial charge on any atom is 0.315 e. The molecular formula is C14H20FN3O3S. The number of nitrogens with zero attached hydrogens (tertiary/aromatic N) is 1. The average Bonchev–Trinajstić information content (AvgIpc) is 2.46. The molecule has 0 saturated carbocycles. The van der Waals surface area contributed by atoms with Crippen molar-refractivity contribution in [2.75, 3.05) is 19.3 Å². The highest BCUT2D eigenvalue weighted by Crippen LogP contribution is 2.13. The van der Waals surface area contributed by atoms with E-state index in [1.54, 1.807) is 12.1 Å². The minimum absolute atomic E-state index is 0.198. The summed E-state index contributed by atoms with van der Waals surface area (Å²) >= 11 is 0. The van der Waals surface area contributed by atoms with Crippen LogP contribution in [0.5, 0.6) is 0 Å². The minimum Gasteiger partial charge on any atom is -0.334 e. The number of urea groups is 1. The van der Waals surface area contributed by atoms with Gasteiger partial charge in [-0.15, -0.1) is 0 Å². The molecule has 0 spiro atoms. The van der Waals surface area contributed by atoms with Gasteiger partial charge in [-0.1, -0.05) is 12.1 Å². The van der Waals surface area contributed by atoms with E-state index in [9.17, 15) is 17.6 Å². The predicted molar refractivity (Wildman–Crippen MR) is 81.2 cm³/mol. The molecule has 122 valence electrons. The van der Waals surface area contributed by atoms with Crippen LogP contribution in [-0.2, 0) is 16.6 Å². The molecule has 1 heterocycles. The lowest BCUT2D eigenvalue weighted by molar-refractivity contribution is 0.225. The van der Waals surface area contributed by atoms with E-state index in [1.165, 1.54) is 22.7 Å². The number of carbonyl (C=O) groups is 1. The first-order chi connectivity index (χ1) is 10.3. The number of halogens is 1. The third-order valence-corrected chi connectivity index (χ3v) is 4.82. The van der Waals surface area contributed by atoms with Gasteiger partial charge in [0.15, 0.2) is 0 Å². The van der Waals surface area contributed by atoms with Crippen molar-refractivity contribution < 1.29 is 17.6 Å². The zero-order valence-electron chi connectivity index (χ0n) is 12.4. The Balaban J connectivity index is 1.80. The van der Waals surface area contributed by atoms with E-state index in [2.05, 4.69) is 10.6 Å². The molecule has 2 N–H and O–H groups in total. The number of amides is 2. The molecule has 6 nitrogen and oxygen atoms in total. The van der Waals surface area contributed by atoms with Crippen LogP contribution < -0.4 is 10.6 Å². The van der Waals surface area contributed by atoms with Crippen LogP contribution in [0.15, 0.2) is 24.3 Å². The van der Waals surface area contributed by atoms with Gasteiger partial charge in [-0.3, -0.25) is 0 Å². The number of nitrogens with one attached hydrogen (secondary N) is 2. The number of carbonyl (C=O) groups excluding carboxylic acids is 1. The molecule has 22 heavy (non-hydrogen) atoms. The SMILES string of the molecule is CS(=O)(=O)N1CCCC(NC(=O)NCc2ccc(F)cc2)C1. The van der Waals surface area contributed by atoms with Crippen molar-refractivity contribution in [3.05, 3.63) is 35.6 Å². The molecule has 1 saturated heterocycles. The van der Waals surface area contributed by atoms with E-state index in [4.69, 9.17) is 0 Å². The molecular weight excluding hydrogens is 309 g/mol. The Labute approximate surface area is 129 Å². The van der Waals surface area contributed by atoms with Gasteiger partial charge in [0.05, 0.1) is 6.26 Å². The van der Waals surface area contributed by atoms with Crippen molar-refractivity contribution in [3.63, 3.8) is 0 Å². The highest BCUT2D eigenvalue weighted by atomic mass is 32.2. The molecule has 1 unspecified atom stereocenters. The van der Waals surface area contributed by atoms with Crippen LogP contribution >= 0.6 is 0 Å². The Morgan fingerprint density at radius 1 is 1.36 bits per heavy atom. The topological polar surface area (TPSA) is 78.5 Å². The fraction of sp³-hybridized carbons (Fsp3) is 0.500. The number of sulfonamides is 1. The van der Waals surface area contributed by atoms with Gasteiger partial charge in [0.1, 0.15) is 5.82 Å². The van der Waals surface area contributed by atoms with Gasteiger partial charge in [0.25, 0.3) is 0 Å². The lowest BCUT2D eigenvalue weighted by Gasteiger charge is -2.31. The Hall–Kier alpha value is -1.67. The lowest BCUT2D eigenvalue weighted by atomic mass is 10.1. The van der Waals surface area contributed by atoms with Gasteiger partial charge in [0, 0.05) is 25.7 Å². The summed E-state index contributed by atoms with van der Waals surface area (Å²) in [5.74, 6) is -0.323. The summed E-state index contributed by atoms with van der Waals surface area (Å²) in [4.78, 5) is 11.8. The first-order valence-corrected chi connectivity index (χ1v) is 8.93. The molecule has 1 aromatic rings. The van der Waals surface area contributed by atoms with Gasteiger partial charge in [-0.2, -0.15) is 0 Å². The maximum atomic E-state index is 12.8. The first kappa shape index (κ1) is 16.7. The lowest BCUT2D eigenvalue weighted by Crippen LogP contribution is -2.51. The highest BCUT2D eigenvalue weighted by molar-refractivity contribution is 7.88. The summed E-state index contributed by atoms with van der Waals surface area (Å²) in [6, 6.07) is 5.31. The molecule has 0 radical (unpaired) electrons. The Morgan fingerprint density at radius 3 is 2.68 bits per heavy atom. The quantitative estimate of drug-likeness (QED) is 0.867. The van der Waals surface area contributed by atoms with E-state index >= 15 is 0 Å². The summed E-state index contributed by atoms with van der Waals surface area (Å²) in [5.41, 5.74) is 0.790. The minimum atomic E-state index is -3.23.